The zero-order valence-electron chi connectivity index (χ0n) is 9.71. The summed E-state index contributed by atoms with van der Waals surface area (Å²) in [5.41, 5.74) is 0. The molecule has 5 nitrogen and oxygen atoms in total. The van der Waals surface area contributed by atoms with Crippen LogP contribution in [0.4, 0.5) is 0 Å². The van der Waals surface area contributed by atoms with Gasteiger partial charge >= 0.3 is 0 Å². The number of sulfonamides is 1. The van der Waals surface area contributed by atoms with Crippen LogP contribution in [-0.4, -0.2) is 40.9 Å². The van der Waals surface area contributed by atoms with E-state index in [1.807, 2.05) is 0 Å². The number of benzene rings is 1. The third-order valence-electron chi connectivity index (χ3n) is 1.82. The number of halogens is 1. The average Bonchev–Trinajstić information content (AvgIpc) is 2.26. The van der Waals surface area contributed by atoms with E-state index in [1.165, 1.54) is 30.5 Å². The Kier molecular flexibility index (Phi) is 4.36. The third kappa shape index (κ3) is 3.61. The maximum Gasteiger partial charge on any atom is 0.287 e. The van der Waals surface area contributed by atoms with E-state index in [1.54, 1.807) is 20.2 Å². The topological polar surface area (TPSA) is 59.0 Å². The first-order chi connectivity index (χ1) is 7.86. The van der Waals surface area contributed by atoms with Crippen molar-refractivity contribution in [2.45, 2.75) is 4.90 Å². The molecule has 1 rings (SSSR count). The minimum absolute atomic E-state index is 0.0504. The Morgan fingerprint density at radius 2 is 2.06 bits per heavy atom. The van der Waals surface area contributed by atoms with E-state index in [-0.39, 0.29) is 10.6 Å². The van der Waals surface area contributed by atoms with Crippen LogP contribution in [0.2, 0.25) is 5.02 Å². The lowest BCUT2D eigenvalue weighted by Gasteiger charge is -2.07. The van der Waals surface area contributed by atoms with Gasteiger partial charge in [-0.05, 0) is 18.2 Å². The molecule has 0 bridgehead atoms. The minimum atomic E-state index is -3.80. The molecule has 0 N–H and O–H groups in total. The highest BCUT2D eigenvalue weighted by molar-refractivity contribution is 7.90. The fourth-order valence-corrected chi connectivity index (χ4v) is 2.41. The van der Waals surface area contributed by atoms with Gasteiger partial charge in [-0.2, -0.15) is 8.42 Å². The van der Waals surface area contributed by atoms with Gasteiger partial charge in [0.15, 0.2) is 0 Å². The fraction of sp³-hybridized carbons (Fsp3) is 0.300. The maximum absolute atomic E-state index is 11.9. The molecule has 0 saturated heterocycles. The summed E-state index contributed by atoms with van der Waals surface area (Å²) >= 11 is 5.76. The highest BCUT2D eigenvalue weighted by Crippen LogP contribution is 2.28. The van der Waals surface area contributed by atoms with Crippen molar-refractivity contribution in [3.05, 3.63) is 23.2 Å². The van der Waals surface area contributed by atoms with E-state index < -0.39 is 10.0 Å². The molecule has 0 unspecified atom stereocenters. The molecule has 0 saturated carbocycles. The van der Waals surface area contributed by atoms with E-state index in [9.17, 15) is 8.42 Å². The van der Waals surface area contributed by atoms with E-state index in [2.05, 4.69) is 4.40 Å². The first-order valence-electron chi connectivity index (χ1n) is 4.67. The molecular weight excluding hydrogens is 264 g/mol. The van der Waals surface area contributed by atoms with E-state index in [0.717, 1.165) is 0 Å². The number of rotatable bonds is 4. The fourth-order valence-electron chi connectivity index (χ4n) is 1.07. The lowest BCUT2D eigenvalue weighted by atomic mass is 10.3. The van der Waals surface area contributed by atoms with Crippen LogP contribution in [0.3, 0.4) is 0 Å². The molecule has 7 heteroatoms. The van der Waals surface area contributed by atoms with Crippen LogP contribution in [0.1, 0.15) is 0 Å². The van der Waals surface area contributed by atoms with Crippen LogP contribution in [0.15, 0.2) is 27.5 Å². The number of hydrogen-bond acceptors (Lipinski definition) is 3. The molecular formula is C10H13ClN2O3S. The molecule has 0 amide bonds. The van der Waals surface area contributed by atoms with Crippen molar-refractivity contribution in [2.75, 3.05) is 21.2 Å². The van der Waals surface area contributed by atoms with Gasteiger partial charge in [-0.3, -0.25) is 0 Å². The summed E-state index contributed by atoms with van der Waals surface area (Å²) in [5.74, 6) is 0.213. The number of nitrogens with zero attached hydrogens (tertiary/aromatic N) is 2. The molecule has 94 valence electrons. The van der Waals surface area contributed by atoms with E-state index >= 15 is 0 Å². The van der Waals surface area contributed by atoms with Gasteiger partial charge in [0.2, 0.25) is 0 Å². The summed E-state index contributed by atoms with van der Waals surface area (Å²) in [5, 5.41) is 0.310. The molecule has 0 spiro atoms. The molecule has 0 fully saturated rings. The van der Waals surface area contributed by atoms with Gasteiger partial charge in [-0.1, -0.05) is 11.6 Å². The molecule has 0 aliphatic carbocycles. The third-order valence-corrected chi connectivity index (χ3v) is 3.30. The summed E-state index contributed by atoms with van der Waals surface area (Å²) in [4.78, 5) is 1.47. The van der Waals surface area contributed by atoms with Crippen molar-refractivity contribution in [1.82, 2.24) is 4.90 Å². The minimum Gasteiger partial charge on any atom is -0.495 e. The van der Waals surface area contributed by atoms with Crippen molar-refractivity contribution >= 4 is 28.0 Å². The number of methoxy groups -OCH3 is 1. The summed E-state index contributed by atoms with van der Waals surface area (Å²) in [6.07, 6.45) is 1.20. The first kappa shape index (κ1) is 13.8. The highest BCUT2D eigenvalue weighted by atomic mass is 35.5. The molecule has 0 heterocycles. The van der Waals surface area contributed by atoms with Crippen molar-refractivity contribution in [3.8, 4) is 5.75 Å². The lowest BCUT2D eigenvalue weighted by molar-refractivity contribution is 0.403. The second kappa shape index (κ2) is 5.37. The van der Waals surface area contributed by atoms with Crippen molar-refractivity contribution in [1.29, 1.82) is 0 Å². The van der Waals surface area contributed by atoms with Crippen LogP contribution >= 0.6 is 11.6 Å². The summed E-state index contributed by atoms with van der Waals surface area (Å²) in [7, 11) is 0.934. The van der Waals surface area contributed by atoms with Gasteiger partial charge in [0.05, 0.1) is 7.11 Å². The van der Waals surface area contributed by atoms with Crippen molar-refractivity contribution in [3.63, 3.8) is 0 Å². The zero-order valence-corrected chi connectivity index (χ0v) is 11.3. The van der Waals surface area contributed by atoms with Crippen molar-refractivity contribution < 1.29 is 13.2 Å². The van der Waals surface area contributed by atoms with Gasteiger partial charge in [0.1, 0.15) is 17.0 Å². The summed E-state index contributed by atoms with van der Waals surface area (Å²) < 4.78 is 32.3. The van der Waals surface area contributed by atoms with Gasteiger partial charge in [0, 0.05) is 19.1 Å². The van der Waals surface area contributed by atoms with Gasteiger partial charge in [-0.25, -0.2) is 0 Å². The second-order valence-corrected chi connectivity index (χ2v) is 5.49. The first-order valence-corrected chi connectivity index (χ1v) is 6.49. The van der Waals surface area contributed by atoms with Gasteiger partial charge in [-0.15, -0.1) is 4.40 Å². The Balaban J connectivity index is 3.27. The smallest absolute Gasteiger partial charge is 0.287 e. The van der Waals surface area contributed by atoms with E-state index in [4.69, 9.17) is 16.3 Å². The van der Waals surface area contributed by atoms with E-state index in [0.29, 0.717) is 5.02 Å². The monoisotopic (exact) mass is 276 g/mol. The normalized spacial score (nSPS) is 11.8. The van der Waals surface area contributed by atoms with Gasteiger partial charge in [0.25, 0.3) is 10.0 Å². The Hall–Kier alpha value is -1.27. The van der Waals surface area contributed by atoms with Crippen LogP contribution in [0.5, 0.6) is 5.75 Å². The standard InChI is InChI=1S/C10H13ClN2O3S/c1-13(2)7-12-17(14,15)10-6-8(11)4-5-9(10)16-3/h4-7H,1-3H3. The maximum atomic E-state index is 11.9. The average molecular weight is 277 g/mol. The van der Waals surface area contributed by atoms with Crippen LogP contribution in [0.25, 0.3) is 0 Å². The molecule has 0 aliphatic heterocycles. The summed E-state index contributed by atoms with van der Waals surface area (Å²) in [6.45, 7) is 0. The molecule has 0 aromatic heterocycles. The Morgan fingerprint density at radius 1 is 1.41 bits per heavy atom. The quantitative estimate of drug-likeness (QED) is 0.619. The summed E-state index contributed by atoms with van der Waals surface area (Å²) in [6, 6.07) is 4.35. The molecule has 0 radical (unpaired) electrons. The van der Waals surface area contributed by atoms with Gasteiger partial charge < -0.3 is 9.64 Å². The highest BCUT2D eigenvalue weighted by Gasteiger charge is 2.18. The molecule has 17 heavy (non-hydrogen) atoms. The molecule has 0 atom stereocenters. The van der Waals surface area contributed by atoms with Crippen LogP contribution in [-0.2, 0) is 10.0 Å². The van der Waals surface area contributed by atoms with Crippen LogP contribution in [0, 0.1) is 0 Å². The van der Waals surface area contributed by atoms with Crippen molar-refractivity contribution in [2.24, 2.45) is 4.40 Å². The SMILES string of the molecule is COc1ccc(Cl)cc1S(=O)(=O)N=CN(C)C. The number of hydrogen-bond donors (Lipinski definition) is 0. The molecule has 0 aliphatic rings. The van der Waals surface area contributed by atoms with Crippen LogP contribution < -0.4 is 4.74 Å². The molecule has 1 aromatic rings. The zero-order chi connectivity index (χ0) is 13.1. The number of ether oxygens (including phenoxy) is 1. The predicted octanol–water partition coefficient (Wildman–Crippen LogP) is 1.63. The largest absolute Gasteiger partial charge is 0.495 e. The lowest BCUT2D eigenvalue weighted by Crippen LogP contribution is -2.10. The Morgan fingerprint density at radius 3 is 2.59 bits per heavy atom. The second-order valence-electron chi connectivity index (χ2n) is 3.45. The molecule has 1 aromatic carbocycles. The Bertz CT molecular complexity index is 526. The Labute approximate surface area is 106 Å². The predicted molar refractivity (Wildman–Crippen MR) is 67.4 cm³/mol.